The van der Waals surface area contributed by atoms with Crippen LogP contribution in [-0.4, -0.2) is 36.3 Å². The van der Waals surface area contributed by atoms with Gasteiger partial charge in [0.25, 0.3) is 0 Å². The Bertz CT molecular complexity index is 369. The molecule has 1 heterocycles. The van der Waals surface area contributed by atoms with Crippen molar-refractivity contribution in [2.45, 2.75) is 25.0 Å². The number of ether oxygens (including phenoxy) is 2. The van der Waals surface area contributed by atoms with Gasteiger partial charge in [-0.25, -0.2) is 4.98 Å². The first-order valence-corrected chi connectivity index (χ1v) is 5.88. The van der Waals surface area contributed by atoms with Crippen molar-refractivity contribution in [3.8, 4) is 5.88 Å². The van der Waals surface area contributed by atoms with Gasteiger partial charge in [0.05, 0.1) is 23.9 Å². The number of hydrogen-bond donors (Lipinski definition) is 1. The highest BCUT2D eigenvalue weighted by Gasteiger charge is 2.29. The summed E-state index contributed by atoms with van der Waals surface area (Å²) < 4.78 is 11.1. The van der Waals surface area contributed by atoms with Gasteiger partial charge in [0.2, 0.25) is 11.8 Å². The van der Waals surface area contributed by atoms with Gasteiger partial charge in [0, 0.05) is 13.2 Å². The van der Waals surface area contributed by atoms with E-state index in [2.05, 4.69) is 31.2 Å². The number of rotatable bonds is 4. The van der Waals surface area contributed by atoms with Crippen molar-refractivity contribution in [3.05, 3.63) is 10.7 Å². The molecule has 0 radical (unpaired) electrons. The predicted molar refractivity (Wildman–Crippen MR) is 63.7 cm³/mol. The summed E-state index contributed by atoms with van der Waals surface area (Å²) >= 11 is 3.31. The molecule has 0 aromatic carbocycles. The molecule has 1 aliphatic rings. The lowest BCUT2D eigenvalue weighted by Crippen LogP contribution is -2.40. The number of hydrogen-bond acceptors (Lipinski definition) is 5. The fourth-order valence-electron chi connectivity index (χ4n) is 1.62. The van der Waals surface area contributed by atoms with Crippen LogP contribution in [0.3, 0.4) is 0 Å². The Balaban J connectivity index is 1.95. The predicted octanol–water partition coefficient (Wildman–Crippen LogP) is 1.84. The molecule has 1 saturated carbocycles. The summed E-state index contributed by atoms with van der Waals surface area (Å²) in [6.45, 7) is 0. The SMILES string of the molecule is COc1nc(NC2CC(OC)C2)ncc1Br. The van der Waals surface area contributed by atoms with Crippen LogP contribution < -0.4 is 10.1 Å². The summed E-state index contributed by atoms with van der Waals surface area (Å²) in [5.41, 5.74) is 0. The van der Waals surface area contributed by atoms with Gasteiger partial charge in [-0.15, -0.1) is 0 Å². The van der Waals surface area contributed by atoms with E-state index in [1.807, 2.05) is 0 Å². The van der Waals surface area contributed by atoms with E-state index in [1.54, 1.807) is 20.4 Å². The van der Waals surface area contributed by atoms with E-state index >= 15 is 0 Å². The third kappa shape index (κ3) is 2.44. The van der Waals surface area contributed by atoms with Crippen LogP contribution in [0.25, 0.3) is 0 Å². The zero-order valence-corrected chi connectivity index (χ0v) is 10.8. The molecule has 0 atom stereocenters. The lowest BCUT2D eigenvalue weighted by molar-refractivity contribution is 0.0327. The standard InChI is InChI=1S/C10H14BrN3O2/c1-15-7-3-6(4-7)13-10-12-5-8(11)9(14-10)16-2/h5-7H,3-4H2,1-2H3,(H,12,13,14). The number of nitrogens with zero attached hydrogens (tertiary/aromatic N) is 2. The second kappa shape index (κ2) is 4.97. The third-order valence-corrected chi connectivity index (χ3v) is 3.21. The highest BCUT2D eigenvalue weighted by molar-refractivity contribution is 9.10. The van der Waals surface area contributed by atoms with Gasteiger partial charge in [0.1, 0.15) is 0 Å². The van der Waals surface area contributed by atoms with Gasteiger partial charge in [-0.3, -0.25) is 0 Å². The molecule has 1 fully saturated rings. The fraction of sp³-hybridized carbons (Fsp3) is 0.600. The summed E-state index contributed by atoms with van der Waals surface area (Å²) in [4.78, 5) is 8.40. The maximum Gasteiger partial charge on any atom is 0.232 e. The van der Waals surface area contributed by atoms with Gasteiger partial charge in [-0.2, -0.15) is 4.98 Å². The van der Waals surface area contributed by atoms with Crippen LogP contribution in [0.5, 0.6) is 5.88 Å². The Hall–Kier alpha value is -0.880. The topological polar surface area (TPSA) is 56.3 Å². The minimum Gasteiger partial charge on any atom is -0.480 e. The van der Waals surface area contributed by atoms with Gasteiger partial charge < -0.3 is 14.8 Å². The molecular formula is C10H14BrN3O2. The van der Waals surface area contributed by atoms with Gasteiger partial charge in [0.15, 0.2) is 0 Å². The minimum absolute atomic E-state index is 0.370. The molecule has 1 aromatic heterocycles. The molecule has 0 amide bonds. The van der Waals surface area contributed by atoms with E-state index in [0.717, 1.165) is 17.3 Å². The molecular weight excluding hydrogens is 274 g/mol. The molecule has 1 aliphatic carbocycles. The lowest BCUT2D eigenvalue weighted by Gasteiger charge is -2.34. The number of anilines is 1. The number of halogens is 1. The Morgan fingerprint density at radius 2 is 2.19 bits per heavy atom. The summed E-state index contributed by atoms with van der Waals surface area (Å²) in [6.07, 6.45) is 4.05. The molecule has 1 aromatic rings. The molecule has 5 nitrogen and oxygen atoms in total. The number of aromatic nitrogens is 2. The summed E-state index contributed by atoms with van der Waals surface area (Å²) in [5.74, 6) is 1.14. The highest BCUT2D eigenvalue weighted by Crippen LogP contribution is 2.27. The van der Waals surface area contributed by atoms with Crippen LogP contribution in [0.1, 0.15) is 12.8 Å². The first-order valence-electron chi connectivity index (χ1n) is 5.08. The van der Waals surface area contributed by atoms with E-state index in [9.17, 15) is 0 Å². The monoisotopic (exact) mass is 287 g/mol. The van der Waals surface area contributed by atoms with E-state index in [4.69, 9.17) is 9.47 Å². The van der Waals surface area contributed by atoms with E-state index in [0.29, 0.717) is 24.0 Å². The molecule has 2 rings (SSSR count). The van der Waals surface area contributed by atoms with Gasteiger partial charge >= 0.3 is 0 Å². The first kappa shape index (κ1) is 11.6. The second-order valence-electron chi connectivity index (χ2n) is 3.72. The quantitative estimate of drug-likeness (QED) is 0.916. The van der Waals surface area contributed by atoms with Crippen molar-refractivity contribution in [1.29, 1.82) is 0 Å². The Labute approximate surface area is 103 Å². The van der Waals surface area contributed by atoms with Crippen LogP contribution in [-0.2, 0) is 4.74 Å². The summed E-state index contributed by atoms with van der Waals surface area (Å²) in [6, 6.07) is 0.399. The fourth-order valence-corrected chi connectivity index (χ4v) is 1.98. The van der Waals surface area contributed by atoms with Crippen molar-refractivity contribution in [2.75, 3.05) is 19.5 Å². The van der Waals surface area contributed by atoms with Crippen LogP contribution in [0.15, 0.2) is 10.7 Å². The summed E-state index contributed by atoms with van der Waals surface area (Å²) in [5, 5.41) is 3.24. The van der Waals surface area contributed by atoms with Crippen molar-refractivity contribution in [3.63, 3.8) is 0 Å². The molecule has 0 saturated heterocycles. The van der Waals surface area contributed by atoms with Crippen LogP contribution in [0.4, 0.5) is 5.95 Å². The average Bonchev–Trinajstić information content (AvgIpc) is 2.25. The molecule has 0 spiro atoms. The van der Waals surface area contributed by atoms with E-state index in [1.165, 1.54) is 0 Å². The van der Waals surface area contributed by atoms with Gasteiger partial charge in [-0.05, 0) is 28.8 Å². The van der Waals surface area contributed by atoms with Crippen LogP contribution in [0, 0.1) is 0 Å². The minimum atomic E-state index is 0.370. The van der Waals surface area contributed by atoms with Crippen molar-refractivity contribution >= 4 is 21.9 Å². The van der Waals surface area contributed by atoms with Gasteiger partial charge in [-0.1, -0.05) is 0 Å². The Morgan fingerprint density at radius 1 is 1.44 bits per heavy atom. The van der Waals surface area contributed by atoms with Crippen molar-refractivity contribution < 1.29 is 9.47 Å². The smallest absolute Gasteiger partial charge is 0.232 e. The Kier molecular flexibility index (Phi) is 3.60. The highest BCUT2D eigenvalue weighted by atomic mass is 79.9. The Morgan fingerprint density at radius 3 is 2.81 bits per heavy atom. The maximum atomic E-state index is 5.21. The molecule has 16 heavy (non-hydrogen) atoms. The van der Waals surface area contributed by atoms with Crippen molar-refractivity contribution in [2.24, 2.45) is 0 Å². The van der Waals surface area contributed by atoms with E-state index in [-0.39, 0.29) is 0 Å². The third-order valence-electron chi connectivity index (χ3n) is 2.67. The summed E-state index contributed by atoms with van der Waals surface area (Å²) in [7, 11) is 3.32. The molecule has 0 bridgehead atoms. The first-order chi connectivity index (χ1) is 7.72. The van der Waals surface area contributed by atoms with E-state index < -0.39 is 0 Å². The lowest BCUT2D eigenvalue weighted by atomic mass is 9.89. The second-order valence-corrected chi connectivity index (χ2v) is 4.58. The molecule has 0 aliphatic heterocycles. The normalized spacial score (nSPS) is 23.7. The zero-order chi connectivity index (χ0) is 11.5. The van der Waals surface area contributed by atoms with Crippen LogP contribution in [0.2, 0.25) is 0 Å². The zero-order valence-electron chi connectivity index (χ0n) is 9.24. The van der Waals surface area contributed by atoms with Crippen molar-refractivity contribution in [1.82, 2.24) is 9.97 Å². The maximum absolute atomic E-state index is 5.21. The number of nitrogens with one attached hydrogen (secondary N) is 1. The molecule has 0 unspecified atom stereocenters. The van der Waals surface area contributed by atoms with Crippen LogP contribution >= 0.6 is 15.9 Å². The molecule has 1 N–H and O–H groups in total. The molecule has 6 heteroatoms. The average molecular weight is 288 g/mol. The number of methoxy groups -OCH3 is 2. The molecule has 88 valence electrons. The largest absolute Gasteiger partial charge is 0.480 e.